The molecule has 0 atom stereocenters. The fraction of sp³-hybridized carbons (Fsp3) is 0.875. The monoisotopic (exact) mass is 155 g/mol. The fourth-order valence-electron chi connectivity index (χ4n) is 1.47. The maximum absolute atomic E-state index is 8.78. The van der Waals surface area contributed by atoms with Crippen LogP contribution in [0.4, 0.5) is 0 Å². The third kappa shape index (κ3) is 1.15. The molecule has 56 valence electrons. The summed E-state index contributed by atoms with van der Waals surface area (Å²) in [4.78, 5) is 0. The lowest BCUT2D eigenvalue weighted by molar-refractivity contribution is 0.270. The third-order valence-corrected chi connectivity index (χ3v) is 3.61. The Balaban J connectivity index is 2.41. The normalized spacial score (nSPS) is 38.3. The van der Waals surface area contributed by atoms with Crippen molar-refractivity contribution in [2.45, 2.75) is 30.9 Å². The number of hydrogen-bond donors (Lipinski definition) is 0. The molecule has 0 bridgehead atoms. The fourth-order valence-corrected chi connectivity index (χ4v) is 2.36. The minimum atomic E-state index is 0.000671. The van der Waals surface area contributed by atoms with Crippen LogP contribution in [0.15, 0.2) is 0 Å². The van der Waals surface area contributed by atoms with Crippen LogP contribution in [0.25, 0.3) is 0 Å². The standard InChI is InChI=1S/C8H13NS/c1-3-7-4-8(5-7,6-9)10-2/h7H,3-5H2,1-2H3. The van der Waals surface area contributed by atoms with Gasteiger partial charge in [-0.2, -0.15) is 5.26 Å². The van der Waals surface area contributed by atoms with Gasteiger partial charge in [-0.15, -0.1) is 11.8 Å². The number of thioether (sulfide) groups is 1. The van der Waals surface area contributed by atoms with E-state index in [0.717, 1.165) is 18.8 Å². The predicted molar refractivity (Wildman–Crippen MR) is 44.9 cm³/mol. The second-order valence-electron chi connectivity index (χ2n) is 2.99. The predicted octanol–water partition coefficient (Wildman–Crippen LogP) is 2.43. The van der Waals surface area contributed by atoms with E-state index in [-0.39, 0.29) is 4.75 Å². The Morgan fingerprint density at radius 2 is 2.30 bits per heavy atom. The summed E-state index contributed by atoms with van der Waals surface area (Å²) >= 11 is 1.72. The molecule has 1 aliphatic carbocycles. The highest BCUT2D eigenvalue weighted by molar-refractivity contribution is 8.00. The van der Waals surface area contributed by atoms with Crippen molar-refractivity contribution in [2.24, 2.45) is 5.92 Å². The van der Waals surface area contributed by atoms with E-state index < -0.39 is 0 Å². The van der Waals surface area contributed by atoms with Gasteiger partial charge >= 0.3 is 0 Å². The van der Waals surface area contributed by atoms with E-state index in [4.69, 9.17) is 5.26 Å². The van der Waals surface area contributed by atoms with Crippen molar-refractivity contribution in [3.05, 3.63) is 0 Å². The number of rotatable bonds is 2. The Bertz CT molecular complexity index is 153. The van der Waals surface area contributed by atoms with Gasteiger partial charge in [0.25, 0.3) is 0 Å². The lowest BCUT2D eigenvalue weighted by Crippen LogP contribution is -2.38. The molecule has 1 nitrogen and oxygen atoms in total. The average molecular weight is 155 g/mol. The van der Waals surface area contributed by atoms with Gasteiger partial charge in [0, 0.05) is 0 Å². The van der Waals surface area contributed by atoms with Crippen molar-refractivity contribution in [2.75, 3.05) is 6.26 Å². The van der Waals surface area contributed by atoms with Crippen LogP contribution in [-0.4, -0.2) is 11.0 Å². The van der Waals surface area contributed by atoms with Crippen LogP contribution in [0.3, 0.4) is 0 Å². The molecule has 1 fully saturated rings. The van der Waals surface area contributed by atoms with Gasteiger partial charge in [-0.1, -0.05) is 13.3 Å². The molecule has 0 saturated heterocycles. The number of nitrogens with zero attached hydrogens (tertiary/aromatic N) is 1. The molecule has 1 rings (SSSR count). The Hall–Kier alpha value is -0.160. The van der Waals surface area contributed by atoms with Gasteiger partial charge in [-0.25, -0.2) is 0 Å². The Morgan fingerprint density at radius 3 is 2.60 bits per heavy atom. The molecule has 2 heteroatoms. The van der Waals surface area contributed by atoms with E-state index in [1.165, 1.54) is 6.42 Å². The average Bonchev–Trinajstić information content (AvgIpc) is 1.89. The lowest BCUT2D eigenvalue weighted by atomic mass is 9.73. The van der Waals surface area contributed by atoms with Gasteiger partial charge in [0.2, 0.25) is 0 Å². The first kappa shape index (κ1) is 7.94. The van der Waals surface area contributed by atoms with E-state index in [0.29, 0.717) is 0 Å². The molecule has 10 heavy (non-hydrogen) atoms. The van der Waals surface area contributed by atoms with Crippen molar-refractivity contribution >= 4 is 11.8 Å². The maximum atomic E-state index is 8.78. The van der Waals surface area contributed by atoms with E-state index in [1.807, 2.05) is 6.26 Å². The van der Waals surface area contributed by atoms with E-state index in [1.54, 1.807) is 11.8 Å². The molecule has 0 heterocycles. The second kappa shape index (κ2) is 2.84. The first-order valence-electron chi connectivity index (χ1n) is 3.72. The van der Waals surface area contributed by atoms with Crippen LogP contribution >= 0.6 is 11.8 Å². The van der Waals surface area contributed by atoms with Gasteiger partial charge in [0.05, 0.1) is 6.07 Å². The number of nitriles is 1. The van der Waals surface area contributed by atoms with Crippen molar-refractivity contribution < 1.29 is 0 Å². The first-order chi connectivity index (χ1) is 4.76. The smallest absolute Gasteiger partial charge is 0.103 e. The van der Waals surface area contributed by atoms with Gasteiger partial charge in [0.1, 0.15) is 4.75 Å². The Kier molecular flexibility index (Phi) is 2.25. The molecule has 0 aromatic heterocycles. The molecule has 1 saturated carbocycles. The van der Waals surface area contributed by atoms with Crippen molar-refractivity contribution in [1.82, 2.24) is 0 Å². The maximum Gasteiger partial charge on any atom is 0.103 e. The summed E-state index contributed by atoms with van der Waals surface area (Å²) in [6.45, 7) is 2.20. The van der Waals surface area contributed by atoms with Gasteiger partial charge in [0.15, 0.2) is 0 Å². The van der Waals surface area contributed by atoms with Crippen LogP contribution in [0, 0.1) is 17.2 Å². The molecule has 1 aliphatic rings. The van der Waals surface area contributed by atoms with Crippen LogP contribution < -0.4 is 0 Å². The highest BCUT2D eigenvalue weighted by atomic mass is 32.2. The quantitative estimate of drug-likeness (QED) is 0.611. The van der Waals surface area contributed by atoms with E-state index in [2.05, 4.69) is 13.0 Å². The topological polar surface area (TPSA) is 23.8 Å². The molecule has 0 amide bonds. The van der Waals surface area contributed by atoms with Crippen LogP contribution in [0.5, 0.6) is 0 Å². The molecule has 0 radical (unpaired) electrons. The molecule has 0 spiro atoms. The van der Waals surface area contributed by atoms with Crippen molar-refractivity contribution in [3.63, 3.8) is 0 Å². The zero-order valence-electron chi connectivity index (χ0n) is 6.55. The first-order valence-corrected chi connectivity index (χ1v) is 4.95. The summed E-state index contributed by atoms with van der Waals surface area (Å²) in [7, 11) is 0. The molecule has 0 aliphatic heterocycles. The highest BCUT2D eigenvalue weighted by Crippen LogP contribution is 2.47. The van der Waals surface area contributed by atoms with E-state index >= 15 is 0 Å². The minimum Gasteiger partial charge on any atom is -0.197 e. The summed E-state index contributed by atoms with van der Waals surface area (Å²) < 4.78 is 0.000671. The highest BCUT2D eigenvalue weighted by Gasteiger charge is 2.42. The summed E-state index contributed by atoms with van der Waals surface area (Å²) in [5.74, 6) is 0.826. The van der Waals surface area contributed by atoms with Crippen LogP contribution in [-0.2, 0) is 0 Å². The van der Waals surface area contributed by atoms with Crippen molar-refractivity contribution in [1.29, 1.82) is 5.26 Å². The SMILES string of the molecule is CCC1CC(C#N)(SC)C1. The molecule has 0 aromatic carbocycles. The summed E-state index contributed by atoms with van der Waals surface area (Å²) in [5, 5.41) is 8.78. The largest absolute Gasteiger partial charge is 0.197 e. The Morgan fingerprint density at radius 1 is 1.70 bits per heavy atom. The zero-order chi connectivity index (χ0) is 7.61. The molecular formula is C8H13NS. The molecule has 0 N–H and O–H groups in total. The Labute approximate surface area is 66.8 Å². The zero-order valence-corrected chi connectivity index (χ0v) is 7.37. The second-order valence-corrected chi connectivity index (χ2v) is 4.18. The minimum absolute atomic E-state index is 0.000671. The van der Waals surface area contributed by atoms with Crippen molar-refractivity contribution in [3.8, 4) is 6.07 Å². The lowest BCUT2D eigenvalue weighted by Gasteiger charge is -2.40. The summed E-state index contributed by atoms with van der Waals surface area (Å²) in [6.07, 6.45) is 5.50. The van der Waals surface area contributed by atoms with E-state index in [9.17, 15) is 0 Å². The van der Waals surface area contributed by atoms with Crippen LogP contribution in [0.1, 0.15) is 26.2 Å². The number of hydrogen-bond acceptors (Lipinski definition) is 2. The van der Waals surface area contributed by atoms with Crippen LogP contribution in [0.2, 0.25) is 0 Å². The van der Waals surface area contributed by atoms with Gasteiger partial charge in [-0.05, 0) is 25.0 Å². The molecular weight excluding hydrogens is 142 g/mol. The molecule has 0 aromatic rings. The summed E-state index contributed by atoms with van der Waals surface area (Å²) in [6, 6.07) is 2.39. The van der Waals surface area contributed by atoms with Gasteiger partial charge in [-0.3, -0.25) is 0 Å². The molecule has 0 unspecified atom stereocenters. The third-order valence-electron chi connectivity index (χ3n) is 2.41. The summed E-state index contributed by atoms with van der Waals surface area (Å²) in [5.41, 5.74) is 0. The van der Waals surface area contributed by atoms with Gasteiger partial charge < -0.3 is 0 Å².